The van der Waals surface area contributed by atoms with Crippen molar-refractivity contribution in [3.8, 4) is 0 Å². The van der Waals surface area contributed by atoms with Gasteiger partial charge in [0.1, 0.15) is 0 Å². The smallest absolute Gasteiger partial charge is 0.289 e. The van der Waals surface area contributed by atoms with Crippen LogP contribution in [0.1, 0.15) is 33.1 Å². The third kappa shape index (κ3) is 4.31. The highest BCUT2D eigenvalue weighted by molar-refractivity contribution is 6.38. The van der Waals surface area contributed by atoms with Gasteiger partial charge in [0.2, 0.25) is 11.7 Å². The van der Waals surface area contributed by atoms with Gasteiger partial charge in [-0.05, 0) is 39.8 Å². The lowest BCUT2D eigenvalue weighted by Crippen LogP contribution is -2.50. The summed E-state index contributed by atoms with van der Waals surface area (Å²) in [4.78, 5) is 37.2. The molecule has 0 spiro atoms. The molecule has 1 saturated heterocycles. The maximum Gasteiger partial charge on any atom is 0.289 e. The summed E-state index contributed by atoms with van der Waals surface area (Å²) in [5.74, 6) is -1.40. The van der Waals surface area contributed by atoms with Gasteiger partial charge in [0.15, 0.2) is 0 Å². The number of nitrogens with zero attached hydrogens (tertiary/aromatic N) is 1. The average molecular weight is 269 g/mol. The van der Waals surface area contributed by atoms with Gasteiger partial charge < -0.3 is 10.6 Å². The summed E-state index contributed by atoms with van der Waals surface area (Å²) in [7, 11) is 1.89. The summed E-state index contributed by atoms with van der Waals surface area (Å²) >= 11 is 0. The second-order valence-corrected chi connectivity index (χ2v) is 4.99. The minimum Gasteiger partial charge on any atom is -0.349 e. The quantitative estimate of drug-likeness (QED) is 0.648. The van der Waals surface area contributed by atoms with Crippen LogP contribution in [-0.2, 0) is 14.4 Å². The SMILES string of the molecule is CCCNC(=O)C(=O)C(C)NC(=O)C1CCCN1C. The number of Topliss-reactive ketones (excluding diaryl/α,β-unsaturated/α-hetero) is 1. The third-order valence-corrected chi connectivity index (χ3v) is 3.33. The van der Waals surface area contributed by atoms with Crippen molar-refractivity contribution in [2.45, 2.75) is 45.2 Å². The molecule has 0 aromatic carbocycles. The van der Waals surface area contributed by atoms with E-state index in [-0.39, 0.29) is 11.9 Å². The van der Waals surface area contributed by atoms with E-state index in [9.17, 15) is 14.4 Å². The van der Waals surface area contributed by atoms with E-state index in [4.69, 9.17) is 0 Å². The van der Waals surface area contributed by atoms with Crippen molar-refractivity contribution >= 4 is 17.6 Å². The monoisotopic (exact) mass is 269 g/mol. The van der Waals surface area contributed by atoms with E-state index >= 15 is 0 Å². The van der Waals surface area contributed by atoms with Crippen LogP contribution in [0.5, 0.6) is 0 Å². The normalized spacial score (nSPS) is 20.9. The fourth-order valence-electron chi connectivity index (χ4n) is 2.14. The molecule has 19 heavy (non-hydrogen) atoms. The second-order valence-electron chi connectivity index (χ2n) is 4.99. The van der Waals surface area contributed by atoms with E-state index in [1.807, 2.05) is 18.9 Å². The number of hydrogen-bond donors (Lipinski definition) is 2. The van der Waals surface area contributed by atoms with E-state index in [1.54, 1.807) is 6.92 Å². The molecule has 2 amide bonds. The van der Waals surface area contributed by atoms with Crippen molar-refractivity contribution in [3.63, 3.8) is 0 Å². The predicted octanol–water partition coefficient (Wildman–Crippen LogP) is -0.319. The van der Waals surface area contributed by atoms with Crippen LogP contribution in [0.2, 0.25) is 0 Å². The fourth-order valence-corrected chi connectivity index (χ4v) is 2.14. The van der Waals surface area contributed by atoms with Crippen LogP contribution in [0.4, 0.5) is 0 Å². The van der Waals surface area contributed by atoms with E-state index < -0.39 is 17.7 Å². The first-order chi connectivity index (χ1) is 8.97. The summed E-state index contributed by atoms with van der Waals surface area (Å²) in [6.45, 7) is 4.81. The van der Waals surface area contributed by atoms with Gasteiger partial charge in [0.25, 0.3) is 5.91 Å². The Hall–Kier alpha value is -1.43. The predicted molar refractivity (Wildman–Crippen MR) is 71.6 cm³/mol. The summed E-state index contributed by atoms with van der Waals surface area (Å²) < 4.78 is 0. The lowest BCUT2D eigenvalue weighted by atomic mass is 10.1. The van der Waals surface area contributed by atoms with Gasteiger partial charge in [-0.2, -0.15) is 0 Å². The number of carbonyl (C=O) groups is 3. The Balaban J connectivity index is 2.45. The molecule has 6 nitrogen and oxygen atoms in total. The molecule has 108 valence electrons. The molecule has 1 fully saturated rings. The Bertz CT molecular complexity index is 357. The second kappa shape index (κ2) is 7.23. The highest BCUT2D eigenvalue weighted by atomic mass is 16.2. The summed E-state index contributed by atoms with van der Waals surface area (Å²) in [5, 5.41) is 5.13. The fraction of sp³-hybridized carbons (Fsp3) is 0.769. The molecule has 2 unspecified atom stereocenters. The minimum absolute atomic E-state index is 0.177. The molecule has 0 aromatic heterocycles. The van der Waals surface area contributed by atoms with E-state index in [2.05, 4.69) is 10.6 Å². The number of nitrogens with one attached hydrogen (secondary N) is 2. The van der Waals surface area contributed by atoms with Crippen molar-refractivity contribution in [3.05, 3.63) is 0 Å². The number of amides is 2. The van der Waals surface area contributed by atoms with Crippen LogP contribution in [0.15, 0.2) is 0 Å². The maximum atomic E-state index is 12.0. The zero-order valence-electron chi connectivity index (χ0n) is 11.9. The number of hydrogen-bond acceptors (Lipinski definition) is 4. The Morgan fingerprint density at radius 2 is 2.05 bits per heavy atom. The molecule has 0 bridgehead atoms. The van der Waals surface area contributed by atoms with Crippen molar-refractivity contribution in [2.24, 2.45) is 0 Å². The van der Waals surface area contributed by atoms with Gasteiger partial charge in [-0.3, -0.25) is 19.3 Å². The number of carbonyl (C=O) groups excluding carboxylic acids is 3. The topological polar surface area (TPSA) is 78.5 Å². The minimum atomic E-state index is -0.779. The Labute approximate surface area is 113 Å². The van der Waals surface area contributed by atoms with Gasteiger partial charge in [0.05, 0.1) is 12.1 Å². The third-order valence-electron chi connectivity index (χ3n) is 3.33. The van der Waals surface area contributed by atoms with Crippen LogP contribution >= 0.6 is 0 Å². The number of rotatable bonds is 6. The standard InChI is InChI=1S/C13H23N3O3/c1-4-7-14-13(19)11(17)9(2)15-12(18)10-6-5-8-16(10)3/h9-10H,4-8H2,1-3H3,(H,14,19)(H,15,18). The highest BCUT2D eigenvalue weighted by Crippen LogP contribution is 2.14. The van der Waals surface area contributed by atoms with Gasteiger partial charge in [-0.15, -0.1) is 0 Å². The Morgan fingerprint density at radius 1 is 1.37 bits per heavy atom. The molecule has 1 rings (SSSR count). The van der Waals surface area contributed by atoms with E-state index in [1.165, 1.54) is 0 Å². The molecule has 0 aromatic rings. The highest BCUT2D eigenvalue weighted by Gasteiger charge is 2.30. The van der Waals surface area contributed by atoms with Gasteiger partial charge in [-0.1, -0.05) is 6.92 Å². The van der Waals surface area contributed by atoms with E-state index in [0.717, 1.165) is 25.8 Å². The first kappa shape index (κ1) is 15.6. The Kier molecular flexibility index (Phi) is 5.95. The molecule has 6 heteroatoms. The summed E-state index contributed by atoms with van der Waals surface area (Å²) in [6.07, 6.45) is 2.55. The average Bonchev–Trinajstić information content (AvgIpc) is 2.81. The zero-order chi connectivity index (χ0) is 14.4. The van der Waals surface area contributed by atoms with Crippen LogP contribution in [0.3, 0.4) is 0 Å². The molecule has 2 atom stereocenters. The summed E-state index contributed by atoms with van der Waals surface area (Å²) in [6, 6.07) is -0.965. The molecule has 0 radical (unpaired) electrons. The van der Waals surface area contributed by atoms with Crippen LogP contribution in [0, 0.1) is 0 Å². The van der Waals surface area contributed by atoms with Gasteiger partial charge >= 0.3 is 0 Å². The molecule has 1 heterocycles. The summed E-state index contributed by atoms with van der Waals surface area (Å²) in [5.41, 5.74) is 0. The van der Waals surface area contributed by atoms with Crippen LogP contribution in [-0.4, -0.2) is 54.7 Å². The molecular weight excluding hydrogens is 246 g/mol. The molecule has 2 N–H and O–H groups in total. The van der Waals surface area contributed by atoms with E-state index in [0.29, 0.717) is 6.54 Å². The maximum absolute atomic E-state index is 12.0. The molecule has 1 aliphatic heterocycles. The van der Waals surface area contributed by atoms with Gasteiger partial charge in [-0.25, -0.2) is 0 Å². The van der Waals surface area contributed by atoms with Crippen molar-refractivity contribution in [1.29, 1.82) is 0 Å². The lowest BCUT2D eigenvalue weighted by molar-refractivity contribution is -0.140. The molecule has 1 aliphatic rings. The molecule has 0 saturated carbocycles. The van der Waals surface area contributed by atoms with Crippen LogP contribution in [0.25, 0.3) is 0 Å². The van der Waals surface area contributed by atoms with Crippen molar-refractivity contribution in [1.82, 2.24) is 15.5 Å². The lowest BCUT2D eigenvalue weighted by Gasteiger charge is -2.21. The number of ketones is 1. The first-order valence-corrected chi connectivity index (χ1v) is 6.80. The number of likely N-dealkylation sites (N-methyl/N-ethyl adjacent to an activating group) is 1. The molecular formula is C13H23N3O3. The largest absolute Gasteiger partial charge is 0.349 e. The first-order valence-electron chi connectivity index (χ1n) is 6.80. The molecule has 0 aliphatic carbocycles. The number of likely N-dealkylation sites (tertiary alicyclic amines) is 1. The van der Waals surface area contributed by atoms with Crippen molar-refractivity contribution < 1.29 is 14.4 Å². The van der Waals surface area contributed by atoms with Crippen LogP contribution < -0.4 is 10.6 Å². The van der Waals surface area contributed by atoms with Gasteiger partial charge in [0, 0.05) is 6.54 Å². The zero-order valence-corrected chi connectivity index (χ0v) is 11.9. The van der Waals surface area contributed by atoms with Crippen molar-refractivity contribution in [2.75, 3.05) is 20.1 Å². The Morgan fingerprint density at radius 3 is 2.58 bits per heavy atom.